The Hall–Kier alpha value is -1.40. The molecule has 0 aliphatic carbocycles. The average Bonchev–Trinajstić information content (AvgIpc) is 2.65. The molecule has 3 N–H and O–H groups in total. The Balaban J connectivity index is 2.18. The standard InChI is InChI=1S/C12H21N3O3/c1-9-11(10(2)15-14-9)8-12(17)13-4-3-6-18-7-5-16/h16H,3-8H2,1-2H3,(H,13,17)(H,14,15). The molecule has 0 saturated carbocycles. The number of aromatic amines is 1. The molecule has 0 unspecified atom stereocenters. The van der Waals surface area contributed by atoms with Crippen LogP contribution in [0.5, 0.6) is 0 Å². The summed E-state index contributed by atoms with van der Waals surface area (Å²) in [4.78, 5) is 11.7. The lowest BCUT2D eigenvalue weighted by molar-refractivity contribution is -0.120. The molecule has 0 atom stereocenters. The number of carbonyl (C=O) groups excluding carboxylic acids is 1. The van der Waals surface area contributed by atoms with Gasteiger partial charge in [0.05, 0.1) is 25.3 Å². The lowest BCUT2D eigenvalue weighted by Crippen LogP contribution is -2.27. The quantitative estimate of drug-likeness (QED) is 0.574. The van der Waals surface area contributed by atoms with Crippen LogP contribution in [0.15, 0.2) is 0 Å². The van der Waals surface area contributed by atoms with Crippen molar-refractivity contribution in [2.75, 3.05) is 26.4 Å². The van der Waals surface area contributed by atoms with Gasteiger partial charge in [0.15, 0.2) is 0 Å². The van der Waals surface area contributed by atoms with E-state index in [0.717, 1.165) is 23.4 Å². The molecule has 1 heterocycles. The summed E-state index contributed by atoms with van der Waals surface area (Å²) in [5.41, 5.74) is 2.77. The molecular weight excluding hydrogens is 234 g/mol. The summed E-state index contributed by atoms with van der Waals surface area (Å²) >= 11 is 0. The Kier molecular flexibility index (Phi) is 6.38. The molecule has 6 heteroatoms. The maximum absolute atomic E-state index is 11.7. The van der Waals surface area contributed by atoms with Gasteiger partial charge in [-0.05, 0) is 20.3 Å². The molecule has 0 bridgehead atoms. The van der Waals surface area contributed by atoms with Crippen LogP contribution in [-0.4, -0.2) is 47.6 Å². The number of nitrogens with one attached hydrogen (secondary N) is 2. The van der Waals surface area contributed by atoms with E-state index in [1.54, 1.807) is 0 Å². The van der Waals surface area contributed by atoms with E-state index in [4.69, 9.17) is 9.84 Å². The molecule has 18 heavy (non-hydrogen) atoms. The molecule has 0 fully saturated rings. The minimum atomic E-state index is -0.00948. The number of H-pyrrole nitrogens is 1. The molecule has 0 aliphatic heterocycles. The number of carbonyl (C=O) groups is 1. The van der Waals surface area contributed by atoms with Crippen LogP contribution in [0.25, 0.3) is 0 Å². The molecule has 1 aromatic rings. The molecule has 1 amide bonds. The molecule has 1 aromatic heterocycles. The van der Waals surface area contributed by atoms with Crippen LogP contribution in [0.2, 0.25) is 0 Å². The lowest BCUT2D eigenvalue weighted by Gasteiger charge is -2.06. The van der Waals surface area contributed by atoms with Gasteiger partial charge in [-0.15, -0.1) is 0 Å². The zero-order chi connectivity index (χ0) is 13.4. The van der Waals surface area contributed by atoms with Gasteiger partial charge in [-0.25, -0.2) is 0 Å². The summed E-state index contributed by atoms with van der Waals surface area (Å²) in [5.74, 6) is -0.00948. The summed E-state index contributed by atoms with van der Waals surface area (Å²) in [7, 11) is 0. The fraction of sp³-hybridized carbons (Fsp3) is 0.667. The molecule has 0 spiro atoms. The highest BCUT2D eigenvalue weighted by Crippen LogP contribution is 2.09. The van der Waals surface area contributed by atoms with E-state index in [1.807, 2.05) is 13.8 Å². The predicted molar refractivity (Wildman–Crippen MR) is 67.3 cm³/mol. The topological polar surface area (TPSA) is 87.2 Å². The number of aromatic nitrogens is 2. The van der Waals surface area contributed by atoms with Gasteiger partial charge < -0.3 is 15.2 Å². The van der Waals surface area contributed by atoms with E-state index in [2.05, 4.69) is 15.5 Å². The van der Waals surface area contributed by atoms with Crippen molar-refractivity contribution in [1.82, 2.24) is 15.5 Å². The Bertz CT molecular complexity index is 357. The van der Waals surface area contributed by atoms with Crippen molar-refractivity contribution in [2.45, 2.75) is 26.7 Å². The summed E-state index contributed by atoms with van der Waals surface area (Å²) in [6.07, 6.45) is 1.10. The summed E-state index contributed by atoms with van der Waals surface area (Å²) in [5, 5.41) is 18.2. The van der Waals surface area contributed by atoms with Crippen molar-refractivity contribution >= 4 is 5.91 Å². The normalized spacial score (nSPS) is 10.6. The van der Waals surface area contributed by atoms with Crippen molar-refractivity contribution in [1.29, 1.82) is 0 Å². The van der Waals surface area contributed by atoms with Gasteiger partial charge >= 0.3 is 0 Å². The summed E-state index contributed by atoms with van der Waals surface area (Å²) in [6.45, 7) is 5.30. The van der Waals surface area contributed by atoms with E-state index in [-0.39, 0.29) is 12.5 Å². The first-order chi connectivity index (χ1) is 8.65. The van der Waals surface area contributed by atoms with Gasteiger partial charge in [0.25, 0.3) is 0 Å². The second kappa shape index (κ2) is 7.84. The maximum atomic E-state index is 11.7. The average molecular weight is 255 g/mol. The van der Waals surface area contributed by atoms with Crippen LogP contribution >= 0.6 is 0 Å². The summed E-state index contributed by atoms with van der Waals surface area (Å²) in [6, 6.07) is 0. The van der Waals surface area contributed by atoms with Crippen LogP contribution < -0.4 is 5.32 Å². The monoisotopic (exact) mass is 255 g/mol. The van der Waals surface area contributed by atoms with Crippen LogP contribution in [0.4, 0.5) is 0 Å². The van der Waals surface area contributed by atoms with E-state index >= 15 is 0 Å². The highest BCUT2D eigenvalue weighted by atomic mass is 16.5. The Morgan fingerprint density at radius 3 is 2.83 bits per heavy atom. The van der Waals surface area contributed by atoms with Crippen molar-refractivity contribution in [3.63, 3.8) is 0 Å². The summed E-state index contributed by atoms with van der Waals surface area (Å²) < 4.78 is 5.09. The first-order valence-electron chi connectivity index (χ1n) is 6.11. The van der Waals surface area contributed by atoms with Crippen LogP contribution in [0, 0.1) is 13.8 Å². The molecule has 102 valence electrons. The fourth-order valence-corrected chi connectivity index (χ4v) is 1.63. The second-order valence-electron chi connectivity index (χ2n) is 4.13. The zero-order valence-electron chi connectivity index (χ0n) is 11.0. The minimum absolute atomic E-state index is 0.00948. The number of aryl methyl sites for hydroxylation is 2. The number of aliphatic hydroxyl groups is 1. The first-order valence-corrected chi connectivity index (χ1v) is 6.11. The maximum Gasteiger partial charge on any atom is 0.224 e. The van der Waals surface area contributed by atoms with E-state index < -0.39 is 0 Å². The number of nitrogens with zero attached hydrogens (tertiary/aromatic N) is 1. The van der Waals surface area contributed by atoms with Crippen molar-refractivity contribution in [2.24, 2.45) is 0 Å². The number of ether oxygens (including phenoxy) is 1. The van der Waals surface area contributed by atoms with Crippen molar-refractivity contribution < 1.29 is 14.6 Å². The lowest BCUT2D eigenvalue weighted by atomic mass is 10.1. The number of rotatable bonds is 8. The molecular formula is C12H21N3O3. The molecule has 1 rings (SSSR count). The van der Waals surface area contributed by atoms with Gasteiger partial charge in [0, 0.05) is 24.4 Å². The van der Waals surface area contributed by atoms with Gasteiger partial charge in [-0.1, -0.05) is 0 Å². The number of aliphatic hydroxyl groups excluding tert-OH is 1. The van der Waals surface area contributed by atoms with E-state index in [9.17, 15) is 4.79 Å². The Morgan fingerprint density at radius 2 is 2.22 bits per heavy atom. The molecule has 6 nitrogen and oxygen atoms in total. The first kappa shape index (κ1) is 14.7. The van der Waals surface area contributed by atoms with E-state index in [0.29, 0.717) is 26.2 Å². The third-order valence-corrected chi connectivity index (χ3v) is 2.64. The van der Waals surface area contributed by atoms with E-state index in [1.165, 1.54) is 0 Å². The third kappa shape index (κ3) is 4.85. The number of hydrogen-bond donors (Lipinski definition) is 3. The molecule has 0 aromatic carbocycles. The highest BCUT2D eigenvalue weighted by Gasteiger charge is 2.10. The van der Waals surface area contributed by atoms with Gasteiger partial charge in [-0.2, -0.15) is 5.10 Å². The smallest absolute Gasteiger partial charge is 0.224 e. The SMILES string of the molecule is Cc1n[nH]c(C)c1CC(=O)NCCCOCCO. The highest BCUT2D eigenvalue weighted by molar-refractivity contribution is 5.79. The van der Waals surface area contributed by atoms with Gasteiger partial charge in [0.2, 0.25) is 5.91 Å². The van der Waals surface area contributed by atoms with Gasteiger partial charge in [0.1, 0.15) is 0 Å². The van der Waals surface area contributed by atoms with Crippen molar-refractivity contribution in [3.8, 4) is 0 Å². The molecule has 0 saturated heterocycles. The Labute approximate surface area is 107 Å². The number of amides is 1. The molecule has 0 aliphatic rings. The second-order valence-corrected chi connectivity index (χ2v) is 4.13. The van der Waals surface area contributed by atoms with Crippen LogP contribution in [0.3, 0.4) is 0 Å². The molecule has 0 radical (unpaired) electrons. The zero-order valence-corrected chi connectivity index (χ0v) is 11.0. The van der Waals surface area contributed by atoms with Crippen molar-refractivity contribution in [3.05, 3.63) is 17.0 Å². The Morgan fingerprint density at radius 1 is 1.44 bits per heavy atom. The fourth-order valence-electron chi connectivity index (χ4n) is 1.63. The third-order valence-electron chi connectivity index (χ3n) is 2.64. The van der Waals surface area contributed by atoms with Crippen LogP contribution in [-0.2, 0) is 16.0 Å². The predicted octanol–water partition coefficient (Wildman–Crippen LogP) is 0.0842. The minimum Gasteiger partial charge on any atom is -0.394 e. The van der Waals surface area contributed by atoms with Gasteiger partial charge in [-0.3, -0.25) is 9.89 Å². The van der Waals surface area contributed by atoms with Crippen LogP contribution in [0.1, 0.15) is 23.4 Å². The largest absolute Gasteiger partial charge is 0.394 e. The number of hydrogen-bond acceptors (Lipinski definition) is 4.